The van der Waals surface area contributed by atoms with Gasteiger partial charge >= 0.3 is 0 Å². The molecule has 30 heavy (non-hydrogen) atoms. The number of nitrogens with zero attached hydrogens (tertiary/aromatic N) is 1. The Morgan fingerprint density at radius 3 is 2.37 bits per heavy atom. The van der Waals surface area contributed by atoms with Crippen LogP contribution >= 0.6 is 0 Å². The van der Waals surface area contributed by atoms with Gasteiger partial charge in [0.25, 0.3) is 5.91 Å². The van der Waals surface area contributed by atoms with Gasteiger partial charge in [-0.05, 0) is 56.0 Å². The number of methoxy groups -OCH3 is 1. The first-order valence-electron chi connectivity index (χ1n) is 10.00. The minimum atomic E-state index is -3.62. The molecule has 1 heterocycles. The van der Waals surface area contributed by atoms with E-state index < -0.39 is 15.9 Å². The molecule has 1 N–H and O–H groups in total. The predicted octanol–water partition coefficient (Wildman–Crippen LogP) is 3.50. The van der Waals surface area contributed by atoms with Crippen LogP contribution in [0.2, 0.25) is 0 Å². The Morgan fingerprint density at radius 2 is 1.73 bits per heavy atom. The van der Waals surface area contributed by atoms with Crippen molar-refractivity contribution in [2.75, 3.05) is 32.1 Å². The molecule has 1 amide bonds. The molecule has 1 aliphatic rings. The number of ether oxygens (including phenoxy) is 2. The Morgan fingerprint density at radius 1 is 1.07 bits per heavy atom. The number of benzene rings is 2. The van der Waals surface area contributed by atoms with Crippen LogP contribution in [-0.2, 0) is 14.8 Å². The predicted molar refractivity (Wildman–Crippen MR) is 116 cm³/mol. The zero-order chi connectivity index (χ0) is 21.7. The Balaban J connectivity index is 1.76. The maximum atomic E-state index is 13.0. The van der Waals surface area contributed by atoms with Gasteiger partial charge in [0, 0.05) is 13.1 Å². The number of amides is 1. The molecule has 0 unspecified atom stereocenters. The lowest BCUT2D eigenvalue weighted by molar-refractivity contribution is -0.118. The van der Waals surface area contributed by atoms with Gasteiger partial charge in [0.15, 0.2) is 6.61 Å². The summed E-state index contributed by atoms with van der Waals surface area (Å²) < 4.78 is 38.4. The maximum Gasteiger partial charge on any atom is 0.262 e. The summed E-state index contributed by atoms with van der Waals surface area (Å²) in [6.07, 6.45) is 2.75. The number of carbonyl (C=O) groups is 1. The zero-order valence-corrected chi connectivity index (χ0v) is 18.4. The van der Waals surface area contributed by atoms with Crippen LogP contribution in [0.25, 0.3) is 0 Å². The van der Waals surface area contributed by atoms with Crippen LogP contribution in [-0.4, -0.2) is 45.4 Å². The highest BCUT2D eigenvalue weighted by Gasteiger charge is 2.27. The molecule has 0 aliphatic carbocycles. The number of para-hydroxylation sites is 1. The first-order chi connectivity index (χ1) is 14.3. The fourth-order valence-corrected chi connectivity index (χ4v) is 5.09. The van der Waals surface area contributed by atoms with E-state index in [9.17, 15) is 13.2 Å². The van der Waals surface area contributed by atoms with Crippen LogP contribution in [0, 0.1) is 13.8 Å². The minimum Gasteiger partial charge on any atom is -0.495 e. The van der Waals surface area contributed by atoms with Crippen LogP contribution in [0.3, 0.4) is 0 Å². The van der Waals surface area contributed by atoms with Crippen LogP contribution in [0.1, 0.15) is 30.4 Å². The Bertz CT molecular complexity index is 994. The van der Waals surface area contributed by atoms with E-state index in [1.807, 2.05) is 32.0 Å². The van der Waals surface area contributed by atoms with Crippen molar-refractivity contribution in [3.8, 4) is 11.5 Å². The number of hydrogen-bond acceptors (Lipinski definition) is 5. The second kappa shape index (κ2) is 9.49. The van der Waals surface area contributed by atoms with Gasteiger partial charge in [0.2, 0.25) is 10.0 Å². The molecule has 1 fully saturated rings. The number of rotatable bonds is 7. The summed E-state index contributed by atoms with van der Waals surface area (Å²) in [6, 6.07) is 10.3. The normalized spacial score (nSPS) is 14.9. The number of aryl methyl sites for hydroxylation is 2. The molecule has 0 radical (unpaired) electrons. The van der Waals surface area contributed by atoms with Gasteiger partial charge in [-0.3, -0.25) is 4.79 Å². The molecule has 2 aromatic rings. The largest absolute Gasteiger partial charge is 0.495 e. The molecule has 0 saturated carbocycles. The Hall–Kier alpha value is -2.58. The summed E-state index contributed by atoms with van der Waals surface area (Å²) in [5, 5.41) is 2.71. The van der Waals surface area contributed by atoms with E-state index in [0.717, 1.165) is 30.4 Å². The van der Waals surface area contributed by atoms with E-state index in [2.05, 4.69) is 5.32 Å². The highest BCUT2D eigenvalue weighted by molar-refractivity contribution is 7.89. The van der Waals surface area contributed by atoms with Gasteiger partial charge in [0.1, 0.15) is 11.5 Å². The number of hydrogen-bond donors (Lipinski definition) is 1. The van der Waals surface area contributed by atoms with Gasteiger partial charge in [0.05, 0.1) is 17.7 Å². The van der Waals surface area contributed by atoms with Gasteiger partial charge in [-0.25, -0.2) is 8.42 Å². The van der Waals surface area contributed by atoms with Gasteiger partial charge in [-0.15, -0.1) is 0 Å². The molecule has 0 aromatic heterocycles. The first kappa shape index (κ1) is 22.1. The number of piperidine rings is 1. The summed E-state index contributed by atoms with van der Waals surface area (Å²) in [5.41, 5.74) is 2.18. The number of anilines is 1. The van der Waals surface area contributed by atoms with E-state index in [0.29, 0.717) is 30.3 Å². The molecule has 8 heteroatoms. The summed E-state index contributed by atoms with van der Waals surface area (Å²) in [5.74, 6) is 0.650. The average Bonchev–Trinajstić information content (AvgIpc) is 2.74. The highest BCUT2D eigenvalue weighted by Crippen LogP contribution is 2.30. The second-order valence-electron chi connectivity index (χ2n) is 7.38. The quantitative estimate of drug-likeness (QED) is 0.724. The van der Waals surface area contributed by atoms with Crippen molar-refractivity contribution in [2.45, 2.75) is 38.0 Å². The molecule has 162 valence electrons. The molecular formula is C22H28N2O5S. The zero-order valence-electron chi connectivity index (χ0n) is 17.6. The molecule has 0 bridgehead atoms. The fourth-order valence-electron chi connectivity index (χ4n) is 3.55. The van der Waals surface area contributed by atoms with E-state index in [1.54, 1.807) is 6.07 Å². The monoisotopic (exact) mass is 432 g/mol. The summed E-state index contributed by atoms with van der Waals surface area (Å²) >= 11 is 0. The number of carbonyl (C=O) groups excluding carboxylic acids is 1. The maximum absolute atomic E-state index is 13.0. The number of sulfonamides is 1. The highest BCUT2D eigenvalue weighted by atomic mass is 32.2. The van der Waals surface area contributed by atoms with Gasteiger partial charge in [-0.1, -0.05) is 24.6 Å². The lowest BCUT2D eigenvalue weighted by Crippen LogP contribution is -2.35. The lowest BCUT2D eigenvalue weighted by atomic mass is 10.1. The van der Waals surface area contributed by atoms with Crippen molar-refractivity contribution in [1.82, 2.24) is 4.31 Å². The van der Waals surface area contributed by atoms with Crippen LogP contribution in [0.4, 0.5) is 5.69 Å². The molecule has 1 saturated heterocycles. The fraction of sp³-hybridized carbons (Fsp3) is 0.409. The van der Waals surface area contributed by atoms with Crippen molar-refractivity contribution in [2.24, 2.45) is 0 Å². The van der Waals surface area contributed by atoms with Crippen molar-refractivity contribution in [1.29, 1.82) is 0 Å². The third kappa shape index (κ3) is 4.94. The summed E-state index contributed by atoms with van der Waals surface area (Å²) in [7, 11) is -2.15. The third-order valence-corrected chi connectivity index (χ3v) is 7.05. The van der Waals surface area contributed by atoms with E-state index >= 15 is 0 Å². The van der Waals surface area contributed by atoms with Crippen LogP contribution in [0.15, 0.2) is 41.3 Å². The third-order valence-electron chi connectivity index (χ3n) is 5.15. The number of nitrogens with one attached hydrogen (secondary N) is 1. The molecule has 1 aliphatic heterocycles. The second-order valence-corrected chi connectivity index (χ2v) is 9.32. The van der Waals surface area contributed by atoms with Crippen molar-refractivity contribution in [3.05, 3.63) is 47.5 Å². The molecular weight excluding hydrogens is 404 g/mol. The van der Waals surface area contributed by atoms with Crippen molar-refractivity contribution in [3.63, 3.8) is 0 Å². The van der Waals surface area contributed by atoms with Gasteiger partial charge in [-0.2, -0.15) is 4.31 Å². The molecule has 0 atom stereocenters. The molecule has 2 aromatic carbocycles. The lowest BCUT2D eigenvalue weighted by Gasteiger charge is -2.26. The van der Waals surface area contributed by atoms with E-state index in [-0.39, 0.29) is 11.5 Å². The van der Waals surface area contributed by atoms with Crippen LogP contribution < -0.4 is 14.8 Å². The first-order valence-corrected chi connectivity index (χ1v) is 11.4. The summed E-state index contributed by atoms with van der Waals surface area (Å²) in [6.45, 7) is 4.66. The smallest absolute Gasteiger partial charge is 0.262 e. The molecule has 7 nitrogen and oxygen atoms in total. The topological polar surface area (TPSA) is 84.9 Å². The molecule has 0 spiro atoms. The van der Waals surface area contributed by atoms with Crippen molar-refractivity contribution < 1.29 is 22.7 Å². The average molecular weight is 433 g/mol. The van der Waals surface area contributed by atoms with Crippen molar-refractivity contribution >= 4 is 21.6 Å². The van der Waals surface area contributed by atoms with Gasteiger partial charge < -0.3 is 14.8 Å². The Labute approximate surface area is 178 Å². The van der Waals surface area contributed by atoms with E-state index in [1.165, 1.54) is 23.5 Å². The standard InChI is InChI=1S/C22H28N2O5S/c1-16-8-7-9-17(2)22(16)29-15-21(25)23-19-14-18(10-11-20(19)28-3)30(26,27)24-12-5-4-6-13-24/h7-11,14H,4-6,12-13,15H2,1-3H3,(H,23,25). The minimum absolute atomic E-state index is 0.135. The molecule has 3 rings (SSSR count). The Kier molecular flexibility index (Phi) is 6.99. The van der Waals surface area contributed by atoms with E-state index in [4.69, 9.17) is 9.47 Å². The van der Waals surface area contributed by atoms with Crippen LogP contribution in [0.5, 0.6) is 11.5 Å². The summed E-state index contributed by atoms with van der Waals surface area (Å²) in [4.78, 5) is 12.6. The SMILES string of the molecule is COc1ccc(S(=O)(=O)N2CCCCC2)cc1NC(=O)COc1c(C)cccc1C.